The number of anilines is 13. The minimum Gasteiger partial charge on any atom is -0.497 e. The number of fused-ring (bicyclic) bond motifs is 7. The van der Waals surface area contributed by atoms with E-state index < -0.39 is 52.2 Å². The maximum atomic E-state index is 13.9. The molecule has 19 rings (SSSR count). The zero-order valence-electron chi connectivity index (χ0n) is 80.5. The molecule has 0 atom stereocenters. The van der Waals surface area contributed by atoms with E-state index in [2.05, 4.69) is 61.0 Å². The molecule has 0 N–H and O–H groups in total. The van der Waals surface area contributed by atoms with E-state index in [4.69, 9.17) is 50.9 Å². The van der Waals surface area contributed by atoms with Crippen molar-refractivity contribution in [3.8, 4) is 52.3 Å². The Balaban J connectivity index is 0.000000135. The van der Waals surface area contributed by atoms with Gasteiger partial charge in [-0.15, -0.1) is 0 Å². The fourth-order valence-corrected chi connectivity index (χ4v) is 15.7. The lowest BCUT2D eigenvalue weighted by molar-refractivity contribution is 0.0794. The van der Waals surface area contributed by atoms with Crippen molar-refractivity contribution in [1.29, 1.82) is 0 Å². The van der Waals surface area contributed by atoms with Gasteiger partial charge in [0, 0.05) is 113 Å². The number of hydrogen-bond donors (Lipinski definition) is 0. The van der Waals surface area contributed by atoms with Crippen molar-refractivity contribution in [2.24, 2.45) is 0 Å². The molecule has 0 fully saturated rings. The molecule has 8 aromatic carbocycles. The third-order valence-electron chi connectivity index (χ3n) is 22.4. The van der Waals surface area contributed by atoms with Crippen LogP contribution in [0.25, 0.3) is 21.8 Å². The Morgan fingerprint density at radius 3 is 1.10 bits per heavy atom. The Morgan fingerprint density at radius 1 is 0.396 bits per heavy atom. The van der Waals surface area contributed by atoms with Gasteiger partial charge in [-0.1, -0.05) is 26.0 Å². The number of halogens is 4. The van der Waals surface area contributed by atoms with Gasteiger partial charge in [-0.05, 0) is 227 Å². The zero-order valence-corrected chi connectivity index (χ0v) is 74.5. The van der Waals surface area contributed by atoms with Gasteiger partial charge in [0.15, 0.2) is 13.2 Å². The maximum absolute atomic E-state index is 13.9. The number of carbonyl (C=O) groups is 4. The molecule has 0 saturated carbocycles. The number of benzene rings is 8. The van der Waals surface area contributed by atoms with Gasteiger partial charge in [-0.3, -0.25) is 29.0 Å². The molecule has 0 saturated heterocycles. The number of methoxy groups -OCH3 is 4. The molecule has 5 aliphatic rings. The van der Waals surface area contributed by atoms with Crippen molar-refractivity contribution in [2.75, 3.05) is 119 Å². The number of likely N-dealkylation sites (N-methyl/N-ethyl adjacent to an activating group) is 1. The number of nitrogens with zero attached hydrogens (tertiary/aromatic N) is 17. The standard InChI is InChI=1S/C26H25F2N5O3.C25H23F2N5O3.C25H26N4O4.C24H25N3O3/c1-3-12-31-14-18-13-20(7-10-22(18)30-31)32-15-17-4-11-24(36-16-23(27)28)29-25(17)33(26(32)34)19-5-8-21(35-2)9-6-19;1-3-30-13-17-12-19(7-10-21(17)29-30)31-14-16-4-11-23(35-15-22(26)27)28-24(16)32(25(31)33)18-5-8-20(34-2)9-6-18;1-4-32-23-12-5-17-16-28(19-8-11-22-21(15-19)27(2)13-14-33-22)25(30)29(24(17)26-23)18-6-9-20(31-3)10-7-18;1-4-17-6-9-19(10-7-17)26-16-18-8-15-22(30-5-2)25-23(18)27(24(26)28)20-11-13-21(29-3)14-12-20/h4-11,13-14,23H,3,12,15-16H2,1-2H3;4-13,22H,3,14-15H2,1-2H3;5-12,15H,4,13-14,16H2,1-3H3;6-15H,4-5,16H2,1-3H3/i2*2D3;;. The van der Waals surface area contributed by atoms with E-state index in [0.717, 1.165) is 93.1 Å². The average molecular weight is 1830 g/mol. The van der Waals surface area contributed by atoms with Crippen LogP contribution in [0.5, 0.6) is 52.3 Å². The first-order chi connectivity index (χ1) is 67.4. The van der Waals surface area contributed by atoms with E-state index >= 15 is 0 Å². The molecule has 34 heteroatoms. The van der Waals surface area contributed by atoms with Crippen LogP contribution in [-0.2, 0) is 45.7 Å². The molecule has 0 bridgehead atoms. The molecule has 0 unspecified atom stereocenters. The molecule has 6 aromatic heterocycles. The molecule has 0 spiro atoms. The quantitative estimate of drug-likeness (QED) is 0.0456. The number of aromatic nitrogens is 8. The van der Waals surface area contributed by atoms with Crippen LogP contribution >= 0.6 is 0 Å². The van der Waals surface area contributed by atoms with Gasteiger partial charge in [0.1, 0.15) is 58.6 Å². The van der Waals surface area contributed by atoms with E-state index in [1.54, 1.807) is 61.8 Å². The molecular weight excluding hydrogens is 1720 g/mol. The molecule has 0 aliphatic carbocycles. The Labute approximate surface area is 779 Å². The minimum absolute atomic E-state index is 0.0487. The zero-order chi connectivity index (χ0) is 98.8. The van der Waals surface area contributed by atoms with Crippen LogP contribution in [0.4, 0.5) is 111 Å². The van der Waals surface area contributed by atoms with Crippen molar-refractivity contribution in [1.82, 2.24) is 39.5 Å². The number of carbonyl (C=O) groups excluding carboxylic acids is 4. The van der Waals surface area contributed by atoms with Crippen LogP contribution in [-0.4, -0.2) is 151 Å². The number of amides is 8. The Hall–Kier alpha value is -15.9. The van der Waals surface area contributed by atoms with E-state index in [9.17, 15) is 36.7 Å². The number of urea groups is 4. The molecule has 8 amide bonds. The second kappa shape index (κ2) is 41.0. The van der Waals surface area contributed by atoms with Crippen LogP contribution in [0.1, 0.15) is 77.1 Å². The summed E-state index contributed by atoms with van der Waals surface area (Å²) in [6, 6.07) is 64.4. The van der Waals surface area contributed by atoms with Gasteiger partial charge >= 0.3 is 24.1 Å². The van der Waals surface area contributed by atoms with Crippen molar-refractivity contribution >= 4 is 120 Å². The summed E-state index contributed by atoms with van der Waals surface area (Å²) >= 11 is 0. The van der Waals surface area contributed by atoms with Gasteiger partial charge in [-0.2, -0.15) is 30.1 Å². The van der Waals surface area contributed by atoms with Crippen molar-refractivity contribution in [3.63, 3.8) is 0 Å². The molecule has 690 valence electrons. The van der Waals surface area contributed by atoms with E-state index in [1.807, 2.05) is 183 Å². The molecule has 14 aromatic rings. The molecule has 5 aliphatic heterocycles. The van der Waals surface area contributed by atoms with Crippen molar-refractivity contribution in [3.05, 3.63) is 265 Å². The largest absolute Gasteiger partial charge is 0.497 e. The number of pyridine rings is 4. The van der Waals surface area contributed by atoms with Crippen LogP contribution < -0.4 is 86.7 Å². The summed E-state index contributed by atoms with van der Waals surface area (Å²) in [5.41, 5.74) is 12.1. The maximum Gasteiger partial charge on any atom is 0.335 e. The first-order valence-electron chi connectivity index (χ1n) is 46.4. The predicted octanol–water partition coefficient (Wildman–Crippen LogP) is 21.1. The summed E-state index contributed by atoms with van der Waals surface area (Å²) in [6.07, 6.45) is 0.358. The molecule has 134 heavy (non-hydrogen) atoms. The second-order valence-electron chi connectivity index (χ2n) is 31.0. The fraction of sp³-hybridized carbons (Fsp3) is 0.260. The van der Waals surface area contributed by atoms with E-state index in [0.29, 0.717) is 108 Å². The van der Waals surface area contributed by atoms with E-state index in [1.165, 1.54) is 76.0 Å². The average Bonchev–Trinajstić information content (AvgIpc) is 1.08. The third-order valence-corrected chi connectivity index (χ3v) is 22.4. The van der Waals surface area contributed by atoms with Crippen LogP contribution in [0.2, 0.25) is 0 Å². The highest BCUT2D eigenvalue weighted by molar-refractivity contribution is 6.14. The van der Waals surface area contributed by atoms with Crippen LogP contribution in [0, 0.1) is 0 Å². The second-order valence-corrected chi connectivity index (χ2v) is 31.0. The Bertz CT molecular complexity index is 6800. The number of rotatable bonds is 26. The Kier molecular flexibility index (Phi) is 25.6. The summed E-state index contributed by atoms with van der Waals surface area (Å²) in [5.74, 6) is 4.97. The number of alkyl halides is 4. The SMILES string of the molecule is CCOc1ccc2c(n1)N(c1ccc(OC)cc1)C(=O)N(c1ccc(CC)cc1)C2.CCOc1ccc2c(n1)N(c1ccc(OC)cc1)C(=O)N(c1ccc3c(c1)N(C)CCO3)C2.[2H]C([2H])([2H])Oc1ccc(N2C(=O)N(c3ccc4nn(CC)cc4c3)Cc3ccc(OCC(F)F)nc32)cc1.[2H]C([2H])([2H])Oc1ccc(N2C(=O)N(c3ccc4nn(CCC)cc4c3)Cc3ccc(OCC(F)F)nc32)cc1. The monoisotopic (exact) mass is 1830 g/mol. The number of hydrogen-bond acceptors (Lipinski definition) is 20. The minimum atomic E-state index is -2.68. The highest BCUT2D eigenvalue weighted by atomic mass is 19.3. The number of ether oxygens (including phenoxy) is 9. The van der Waals surface area contributed by atoms with Gasteiger partial charge < -0.3 is 47.5 Å². The molecule has 30 nitrogen and oxygen atoms in total. The van der Waals surface area contributed by atoms with Crippen molar-refractivity contribution in [2.45, 2.75) is 99.6 Å². The fourth-order valence-electron chi connectivity index (χ4n) is 15.7. The third kappa shape index (κ3) is 19.9. The van der Waals surface area contributed by atoms with E-state index in [-0.39, 0.29) is 60.0 Å². The lowest BCUT2D eigenvalue weighted by Gasteiger charge is -2.37. The summed E-state index contributed by atoms with van der Waals surface area (Å²) in [7, 11) is 0.00260. The summed E-state index contributed by atoms with van der Waals surface area (Å²) in [6.45, 7) is 13.5. The van der Waals surface area contributed by atoms with Crippen LogP contribution in [0.3, 0.4) is 0 Å². The summed E-state index contributed by atoms with van der Waals surface area (Å²) < 4.78 is 146. The molecule has 0 radical (unpaired) electrons. The first-order valence-corrected chi connectivity index (χ1v) is 43.4. The highest BCUT2D eigenvalue weighted by Gasteiger charge is 2.40. The number of aryl methyl sites for hydroxylation is 3. The normalized spacial score (nSPS) is 14.6. The Morgan fingerprint density at radius 2 is 0.739 bits per heavy atom. The lowest BCUT2D eigenvalue weighted by Crippen LogP contribution is -2.45. The molecular formula is C100H99F4N17O13. The molecule has 11 heterocycles. The summed E-state index contributed by atoms with van der Waals surface area (Å²) in [4.78, 5) is 88.0. The topological polar surface area (TPSA) is 268 Å². The summed E-state index contributed by atoms with van der Waals surface area (Å²) in [5, 5.41) is 10.8. The smallest absolute Gasteiger partial charge is 0.335 e. The van der Waals surface area contributed by atoms with Gasteiger partial charge in [0.25, 0.3) is 12.9 Å². The van der Waals surface area contributed by atoms with Gasteiger partial charge in [0.2, 0.25) is 23.5 Å². The van der Waals surface area contributed by atoms with Gasteiger partial charge in [0.05, 0.1) is 122 Å². The lowest BCUT2D eigenvalue weighted by atomic mass is 10.1. The highest BCUT2D eigenvalue weighted by Crippen LogP contribution is 2.45. The first kappa shape index (κ1) is 83.7. The van der Waals surface area contributed by atoms with Gasteiger partial charge in [-0.25, -0.2) is 56.3 Å². The van der Waals surface area contributed by atoms with Crippen molar-refractivity contribution < 1.29 is 87.6 Å². The van der Waals surface area contributed by atoms with Crippen LogP contribution in [0.15, 0.2) is 237 Å². The predicted molar refractivity (Wildman–Crippen MR) is 506 cm³/mol.